The Bertz CT molecular complexity index is 551. The van der Waals surface area contributed by atoms with Crippen LogP contribution in [0.1, 0.15) is 25.5 Å². The van der Waals surface area contributed by atoms with Gasteiger partial charge in [0.1, 0.15) is 6.04 Å². The maximum atomic E-state index is 12.9. The average molecular weight is 261 g/mol. The first-order chi connectivity index (χ1) is 8.98. The first-order valence-corrected chi connectivity index (χ1v) is 6.68. The molecule has 2 atom stereocenters. The molecule has 19 heavy (non-hydrogen) atoms. The predicted octanol–water partition coefficient (Wildman–Crippen LogP) is 0.703. The van der Waals surface area contributed by atoms with Gasteiger partial charge in [0.25, 0.3) is 5.91 Å². The summed E-state index contributed by atoms with van der Waals surface area (Å²) in [7, 11) is 3.64. The van der Waals surface area contributed by atoms with E-state index in [1.807, 2.05) is 36.9 Å². The summed E-state index contributed by atoms with van der Waals surface area (Å²) < 4.78 is 1.91. The average Bonchev–Trinajstić information content (AvgIpc) is 3.02. The lowest BCUT2D eigenvalue weighted by atomic mass is 9.89. The summed E-state index contributed by atoms with van der Waals surface area (Å²) >= 11 is 0. The van der Waals surface area contributed by atoms with Crippen LogP contribution in [0.2, 0.25) is 0 Å². The van der Waals surface area contributed by atoms with Crippen molar-refractivity contribution in [2.75, 3.05) is 13.6 Å². The largest absolute Gasteiger partial charge is 0.352 e. The second kappa shape index (κ2) is 3.85. The maximum absolute atomic E-state index is 12.9. The number of carbonyl (C=O) groups is 2. The Morgan fingerprint density at radius 1 is 1.32 bits per heavy atom. The summed E-state index contributed by atoms with van der Waals surface area (Å²) in [6, 6.07) is 3.58. The quantitative estimate of drug-likeness (QED) is 0.747. The van der Waals surface area contributed by atoms with E-state index in [4.69, 9.17) is 0 Å². The Morgan fingerprint density at radius 3 is 2.68 bits per heavy atom. The van der Waals surface area contributed by atoms with Crippen LogP contribution in [0.25, 0.3) is 0 Å². The van der Waals surface area contributed by atoms with Crippen LogP contribution in [-0.4, -0.2) is 45.8 Å². The topological polar surface area (TPSA) is 45.6 Å². The Labute approximate surface area is 112 Å². The van der Waals surface area contributed by atoms with Gasteiger partial charge in [0.2, 0.25) is 5.91 Å². The van der Waals surface area contributed by atoms with E-state index in [2.05, 4.69) is 0 Å². The van der Waals surface area contributed by atoms with Crippen LogP contribution in [0.4, 0.5) is 0 Å². The number of piperazine rings is 1. The summed E-state index contributed by atoms with van der Waals surface area (Å²) in [5, 5.41) is 0. The zero-order valence-corrected chi connectivity index (χ0v) is 11.6. The van der Waals surface area contributed by atoms with Crippen molar-refractivity contribution < 1.29 is 9.59 Å². The normalized spacial score (nSPS) is 31.0. The third kappa shape index (κ3) is 1.41. The van der Waals surface area contributed by atoms with Gasteiger partial charge in [0.15, 0.2) is 5.54 Å². The van der Waals surface area contributed by atoms with Gasteiger partial charge in [-0.05, 0) is 31.9 Å². The zero-order valence-electron chi connectivity index (χ0n) is 11.6. The fourth-order valence-corrected chi connectivity index (χ4v) is 3.38. The Morgan fingerprint density at radius 2 is 2.05 bits per heavy atom. The highest BCUT2D eigenvalue weighted by molar-refractivity contribution is 6.00. The second-order valence-corrected chi connectivity index (χ2v) is 5.63. The molecule has 2 fully saturated rings. The third-order valence-corrected chi connectivity index (χ3v) is 4.66. The number of hydrogen-bond donors (Lipinski definition) is 0. The minimum absolute atomic E-state index is 0.0406. The van der Waals surface area contributed by atoms with Crippen LogP contribution in [0.15, 0.2) is 18.3 Å². The molecule has 0 radical (unpaired) electrons. The molecule has 0 spiro atoms. The number of likely N-dealkylation sites (N-methyl/N-ethyl adjacent to an activating group) is 1. The van der Waals surface area contributed by atoms with Crippen molar-refractivity contribution in [3.63, 3.8) is 0 Å². The Hall–Kier alpha value is -1.78. The van der Waals surface area contributed by atoms with Crippen molar-refractivity contribution in [1.29, 1.82) is 0 Å². The highest BCUT2D eigenvalue weighted by Gasteiger charge is 2.55. The fourth-order valence-electron chi connectivity index (χ4n) is 3.38. The van der Waals surface area contributed by atoms with Gasteiger partial charge in [-0.2, -0.15) is 0 Å². The summed E-state index contributed by atoms with van der Waals surface area (Å²) in [5.74, 6) is 0.0969. The van der Waals surface area contributed by atoms with E-state index in [-0.39, 0.29) is 17.9 Å². The fraction of sp³-hybridized carbons (Fsp3) is 0.571. The molecule has 0 saturated carbocycles. The van der Waals surface area contributed by atoms with E-state index in [1.54, 1.807) is 16.8 Å². The van der Waals surface area contributed by atoms with Crippen molar-refractivity contribution in [3.8, 4) is 0 Å². The molecule has 2 amide bonds. The van der Waals surface area contributed by atoms with E-state index in [0.717, 1.165) is 18.5 Å². The first kappa shape index (κ1) is 12.3. The molecule has 2 aliphatic heterocycles. The van der Waals surface area contributed by atoms with E-state index < -0.39 is 5.54 Å². The van der Waals surface area contributed by atoms with E-state index in [1.165, 1.54) is 0 Å². The summed E-state index contributed by atoms with van der Waals surface area (Å²) in [6.45, 7) is 2.54. The lowest BCUT2D eigenvalue weighted by Gasteiger charge is -2.47. The summed E-state index contributed by atoms with van der Waals surface area (Å²) in [6.07, 6.45) is 3.61. The van der Waals surface area contributed by atoms with Crippen molar-refractivity contribution >= 4 is 11.8 Å². The van der Waals surface area contributed by atoms with Crippen molar-refractivity contribution in [1.82, 2.24) is 14.4 Å². The van der Waals surface area contributed by atoms with Gasteiger partial charge in [-0.1, -0.05) is 0 Å². The van der Waals surface area contributed by atoms with Crippen LogP contribution in [-0.2, 0) is 22.2 Å². The van der Waals surface area contributed by atoms with Gasteiger partial charge in [0.05, 0.1) is 5.69 Å². The van der Waals surface area contributed by atoms with Crippen molar-refractivity contribution in [2.45, 2.75) is 31.3 Å². The van der Waals surface area contributed by atoms with Gasteiger partial charge in [0, 0.05) is 26.8 Å². The number of rotatable bonds is 1. The molecule has 5 heteroatoms. The van der Waals surface area contributed by atoms with Crippen molar-refractivity contribution in [3.05, 3.63) is 24.0 Å². The van der Waals surface area contributed by atoms with Gasteiger partial charge >= 0.3 is 0 Å². The summed E-state index contributed by atoms with van der Waals surface area (Å²) in [5.41, 5.74) is -0.0328. The molecular weight excluding hydrogens is 242 g/mol. The molecule has 3 rings (SSSR count). The van der Waals surface area contributed by atoms with Crippen LogP contribution in [0.5, 0.6) is 0 Å². The van der Waals surface area contributed by atoms with Gasteiger partial charge in [-0.3, -0.25) is 9.59 Å². The smallest absolute Gasteiger partial charge is 0.255 e. The molecule has 0 aliphatic carbocycles. The van der Waals surface area contributed by atoms with Gasteiger partial charge < -0.3 is 14.4 Å². The van der Waals surface area contributed by atoms with Gasteiger partial charge in [-0.25, -0.2) is 0 Å². The lowest BCUT2D eigenvalue weighted by Crippen LogP contribution is -2.66. The van der Waals surface area contributed by atoms with Crippen LogP contribution >= 0.6 is 0 Å². The molecule has 2 unspecified atom stereocenters. The molecule has 0 N–H and O–H groups in total. The molecule has 3 heterocycles. The molecule has 0 bridgehead atoms. The Balaban J connectivity index is 2.12. The Kier molecular flexibility index (Phi) is 2.49. The van der Waals surface area contributed by atoms with Gasteiger partial charge in [-0.15, -0.1) is 0 Å². The zero-order chi connectivity index (χ0) is 13.8. The highest BCUT2D eigenvalue weighted by atomic mass is 16.2. The minimum Gasteiger partial charge on any atom is -0.352 e. The number of nitrogens with zero attached hydrogens (tertiary/aromatic N) is 3. The van der Waals surface area contributed by atoms with Crippen molar-refractivity contribution in [2.24, 2.45) is 7.05 Å². The maximum Gasteiger partial charge on any atom is 0.255 e. The molecule has 102 valence electrons. The monoisotopic (exact) mass is 261 g/mol. The molecule has 1 aromatic rings. The number of aromatic nitrogens is 1. The SMILES string of the molecule is CN1C(=O)C2CCCN2C(=O)C1(C)c1cccn1C. The highest BCUT2D eigenvalue weighted by Crippen LogP contribution is 2.38. The number of amides is 2. The first-order valence-electron chi connectivity index (χ1n) is 6.68. The molecular formula is C14H19N3O2. The van der Waals surface area contributed by atoms with Crippen LogP contribution < -0.4 is 0 Å². The lowest BCUT2D eigenvalue weighted by molar-refractivity contribution is -0.166. The molecule has 5 nitrogen and oxygen atoms in total. The molecule has 2 aliphatic rings. The second-order valence-electron chi connectivity index (χ2n) is 5.63. The molecule has 0 aromatic carbocycles. The standard InChI is InChI=1S/C14H19N3O2/c1-14(11-7-5-8-15(11)2)13(19)17-9-4-6-10(17)12(18)16(14)3/h5,7-8,10H,4,6,9H2,1-3H3. The molecule has 1 aromatic heterocycles. The minimum atomic E-state index is -0.893. The van der Waals surface area contributed by atoms with E-state index in [0.29, 0.717) is 6.54 Å². The van der Waals surface area contributed by atoms with E-state index >= 15 is 0 Å². The predicted molar refractivity (Wildman–Crippen MR) is 70.3 cm³/mol. The van der Waals surface area contributed by atoms with Crippen LogP contribution in [0, 0.1) is 0 Å². The number of aryl methyl sites for hydroxylation is 1. The molecule has 2 saturated heterocycles. The van der Waals surface area contributed by atoms with E-state index in [9.17, 15) is 9.59 Å². The number of fused-ring (bicyclic) bond motifs is 1. The number of carbonyl (C=O) groups excluding carboxylic acids is 2. The number of hydrogen-bond acceptors (Lipinski definition) is 2. The third-order valence-electron chi connectivity index (χ3n) is 4.66. The van der Waals surface area contributed by atoms with Crippen LogP contribution in [0.3, 0.4) is 0 Å². The summed E-state index contributed by atoms with van der Waals surface area (Å²) in [4.78, 5) is 28.7.